The van der Waals surface area contributed by atoms with E-state index in [0.717, 1.165) is 41.3 Å². The number of benzene rings is 2. The van der Waals surface area contributed by atoms with Gasteiger partial charge in [-0.05, 0) is 49.2 Å². The number of para-hydroxylation sites is 2. The Morgan fingerprint density at radius 3 is 2.56 bits per heavy atom. The summed E-state index contributed by atoms with van der Waals surface area (Å²) in [5, 5.41) is 5.78. The fourth-order valence-electron chi connectivity index (χ4n) is 3.18. The van der Waals surface area contributed by atoms with Gasteiger partial charge in [0.05, 0.1) is 31.1 Å². The molecule has 0 atom stereocenters. The molecular formula is C21H27N3O3. The van der Waals surface area contributed by atoms with E-state index in [0.29, 0.717) is 26.4 Å². The molecule has 0 aromatic heterocycles. The smallest absolute Gasteiger partial charge is 0.319 e. The van der Waals surface area contributed by atoms with Crippen molar-refractivity contribution in [3.8, 4) is 5.75 Å². The minimum atomic E-state index is -0.236. The SMILES string of the molecule is Cc1cc(C)cc(OCCNC(=O)Nc2ccccc2N2CCOCC2)c1. The minimum Gasteiger partial charge on any atom is -0.492 e. The summed E-state index contributed by atoms with van der Waals surface area (Å²) < 4.78 is 11.1. The Kier molecular flexibility index (Phi) is 6.54. The van der Waals surface area contributed by atoms with E-state index in [-0.39, 0.29) is 6.03 Å². The number of hydrogen-bond donors (Lipinski definition) is 2. The van der Waals surface area contributed by atoms with Crippen LogP contribution in [0.25, 0.3) is 0 Å². The van der Waals surface area contributed by atoms with Crippen LogP contribution in [-0.4, -0.2) is 45.5 Å². The van der Waals surface area contributed by atoms with Gasteiger partial charge in [0.1, 0.15) is 12.4 Å². The van der Waals surface area contributed by atoms with Gasteiger partial charge in [0.2, 0.25) is 0 Å². The Hall–Kier alpha value is -2.73. The number of aryl methyl sites for hydroxylation is 2. The molecule has 0 radical (unpaired) electrons. The molecule has 144 valence electrons. The number of nitrogens with zero attached hydrogens (tertiary/aromatic N) is 1. The lowest BCUT2D eigenvalue weighted by molar-refractivity contribution is 0.123. The predicted molar refractivity (Wildman–Crippen MR) is 108 cm³/mol. The van der Waals surface area contributed by atoms with Crippen molar-refractivity contribution in [2.24, 2.45) is 0 Å². The number of urea groups is 1. The van der Waals surface area contributed by atoms with Gasteiger partial charge < -0.3 is 25.0 Å². The van der Waals surface area contributed by atoms with E-state index in [4.69, 9.17) is 9.47 Å². The average molecular weight is 369 g/mol. The second-order valence-corrected chi connectivity index (χ2v) is 6.67. The van der Waals surface area contributed by atoms with Crippen molar-refractivity contribution >= 4 is 17.4 Å². The van der Waals surface area contributed by atoms with Crippen molar-refractivity contribution in [1.29, 1.82) is 0 Å². The number of hydrogen-bond acceptors (Lipinski definition) is 4. The summed E-state index contributed by atoms with van der Waals surface area (Å²) in [6.07, 6.45) is 0. The second kappa shape index (κ2) is 9.28. The minimum absolute atomic E-state index is 0.236. The van der Waals surface area contributed by atoms with Crippen LogP contribution >= 0.6 is 0 Å². The Labute approximate surface area is 160 Å². The Morgan fingerprint density at radius 2 is 1.81 bits per heavy atom. The van der Waals surface area contributed by atoms with Crippen molar-refractivity contribution in [1.82, 2.24) is 5.32 Å². The highest BCUT2D eigenvalue weighted by molar-refractivity contribution is 5.93. The van der Waals surface area contributed by atoms with Crippen LogP contribution in [0.5, 0.6) is 5.75 Å². The summed E-state index contributed by atoms with van der Waals surface area (Å²) in [7, 11) is 0. The maximum Gasteiger partial charge on any atom is 0.319 e. The number of anilines is 2. The molecule has 27 heavy (non-hydrogen) atoms. The standard InChI is InChI=1S/C21H27N3O3/c1-16-13-17(2)15-18(14-16)27-10-7-22-21(25)23-19-5-3-4-6-20(19)24-8-11-26-12-9-24/h3-6,13-15H,7-12H2,1-2H3,(H2,22,23,25). The molecule has 0 aliphatic carbocycles. The van der Waals surface area contributed by atoms with E-state index < -0.39 is 0 Å². The van der Waals surface area contributed by atoms with Crippen LogP contribution in [0, 0.1) is 13.8 Å². The molecular weight excluding hydrogens is 342 g/mol. The van der Waals surface area contributed by atoms with Crippen molar-refractivity contribution in [2.75, 3.05) is 49.7 Å². The zero-order valence-electron chi connectivity index (χ0n) is 16.0. The number of amides is 2. The van der Waals surface area contributed by atoms with E-state index in [1.807, 2.05) is 50.2 Å². The first-order valence-electron chi connectivity index (χ1n) is 9.29. The van der Waals surface area contributed by atoms with E-state index in [2.05, 4.69) is 21.6 Å². The van der Waals surface area contributed by atoms with Crippen LogP contribution in [0.15, 0.2) is 42.5 Å². The first kappa shape index (κ1) is 19.0. The predicted octanol–water partition coefficient (Wildman–Crippen LogP) is 3.34. The number of carbonyl (C=O) groups excluding carboxylic acids is 1. The quantitative estimate of drug-likeness (QED) is 0.767. The monoisotopic (exact) mass is 369 g/mol. The molecule has 1 aliphatic heterocycles. The molecule has 6 heteroatoms. The third-order valence-electron chi connectivity index (χ3n) is 4.36. The van der Waals surface area contributed by atoms with Gasteiger partial charge in [-0.2, -0.15) is 0 Å². The highest BCUT2D eigenvalue weighted by atomic mass is 16.5. The summed E-state index contributed by atoms with van der Waals surface area (Å²) >= 11 is 0. The third kappa shape index (κ3) is 5.62. The highest BCUT2D eigenvalue weighted by Gasteiger charge is 2.15. The Balaban J connectivity index is 1.48. The van der Waals surface area contributed by atoms with Gasteiger partial charge in [-0.25, -0.2) is 4.79 Å². The fraction of sp³-hybridized carbons (Fsp3) is 0.381. The third-order valence-corrected chi connectivity index (χ3v) is 4.36. The lowest BCUT2D eigenvalue weighted by atomic mass is 10.1. The average Bonchev–Trinajstić information content (AvgIpc) is 2.66. The lowest BCUT2D eigenvalue weighted by Crippen LogP contribution is -2.37. The molecule has 0 spiro atoms. The van der Waals surface area contributed by atoms with Crippen LogP contribution < -0.4 is 20.3 Å². The number of rotatable bonds is 6. The van der Waals surface area contributed by atoms with Crippen LogP contribution in [-0.2, 0) is 4.74 Å². The highest BCUT2D eigenvalue weighted by Crippen LogP contribution is 2.26. The molecule has 3 rings (SSSR count). The van der Waals surface area contributed by atoms with Crippen molar-refractivity contribution < 1.29 is 14.3 Å². The maximum atomic E-state index is 12.2. The summed E-state index contributed by atoms with van der Waals surface area (Å²) in [5.41, 5.74) is 4.14. The van der Waals surface area contributed by atoms with Gasteiger partial charge in [0.25, 0.3) is 0 Å². The van der Waals surface area contributed by atoms with Crippen LogP contribution in [0.3, 0.4) is 0 Å². The maximum absolute atomic E-state index is 12.2. The normalized spacial score (nSPS) is 13.9. The van der Waals surface area contributed by atoms with Crippen molar-refractivity contribution in [2.45, 2.75) is 13.8 Å². The molecule has 0 bridgehead atoms. The van der Waals surface area contributed by atoms with Crippen LogP contribution in [0.4, 0.5) is 16.2 Å². The summed E-state index contributed by atoms with van der Waals surface area (Å²) in [6.45, 7) is 7.98. The zero-order valence-corrected chi connectivity index (χ0v) is 16.0. The molecule has 1 saturated heterocycles. The topological polar surface area (TPSA) is 62.8 Å². The van der Waals surface area contributed by atoms with Crippen LogP contribution in [0.1, 0.15) is 11.1 Å². The molecule has 1 aliphatic rings. The van der Waals surface area contributed by atoms with Gasteiger partial charge in [-0.1, -0.05) is 18.2 Å². The van der Waals surface area contributed by atoms with Gasteiger partial charge >= 0.3 is 6.03 Å². The number of morpholine rings is 1. The van der Waals surface area contributed by atoms with Gasteiger partial charge in [0, 0.05) is 13.1 Å². The zero-order chi connectivity index (χ0) is 19.1. The fourth-order valence-corrected chi connectivity index (χ4v) is 3.18. The molecule has 0 saturated carbocycles. The molecule has 1 fully saturated rings. The van der Waals surface area contributed by atoms with Gasteiger partial charge in [0.15, 0.2) is 0 Å². The van der Waals surface area contributed by atoms with E-state index in [9.17, 15) is 4.79 Å². The van der Waals surface area contributed by atoms with Gasteiger partial charge in [-0.15, -0.1) is 0 Å². The second-order valence-electron chi connectivity index (χ2n) is 6.67. The molecule has 2 amide bonds. The Morgan fingerprint density at radius 1 is 1.11 bits per heavy atom. The number of nitrogens with one attached hydrogen (secondary N) is 2. The van der Waals surface area contributed by atoms with Crippen molar-refractivity contribution in [3.63, 3.8) is 0 Å². The Bertz CT molecular complexity index is 753. The molecule has 6 nitrogen and oxygen atoms in total. The molecule has 2 N–H and O–H groups in total. The largest absolute Gasteiger partial charge is 0.492 e. The number of ether oxygens (including phenoxy) is 2. The van der Waals surface area contributed by atoms with E-state index in [1.165, 1.54) is 0 Å². The van der Waals surface area contributed by atoms with Crippen molar-refractivity contribution in [3.05, 3.63) is 53.6 Å². The first-order valence-corrected chi connectivity index (χ1v) is 9.29. The summed E-state index contributed by atoms with van der Waals surface area (Å²) in [4.78, 5) is 14.5. The summed E-state index contributed by atoms with van der Waals surface area (Å²) in [5.74, 6) is 0.826. The molecule has 2 aromatic carbocycles. The number of carbonyl (C=O) groups is 1. The lowest BCUT2D eigenvalue weighted by Gasteiger charge is -2.30. The van der Waals surface area contributed by atoms with E-state index in [1.54, 1.807) is 0 Å². The van der Waals surface area contributed by atoms with Crippen LogP contribution in [0.2, 0.25) is 0 Å². The first-order chi connectivity index (χ1) is 13.1. The molecule has 2 aromatic rings. The van der Waals surface area contributed by atoms with E-state index >= 15 is 0 Å². The molecule has 0 unspecified atom stereocenters. The summed E-state index contributed by atoms with van der Waals surface area (Å²) in [6, 6.07) is 13.7. The molecule has 1 heterocycles. The van der Waals surface area contributed by atoms with Gasteiger partial charge in [-0.3, -0.25) is 0 Å².